The summed E-state index contributed by atoms with van der Waals surface area (Å²) in [7, 11) is 0. The van der Waals surface area contributed by atoms with Gasteiger partial charge in [0.2, 0.25) is 5.91 Å². The van der Waals surface area contributed by atoms with Crippen LogP contribution in [0.3, 0.4) is 0 Å². The number of carboxylic acids is 1. The maximum Gasteiger partial charge on any atom is 0.307 e. The maximum atomic E-state index is 13.1. The Hall–Kier alpha value is -1.95. The molecule has 0 spiro atoms. The summed E-state index contributed by atoms with van der Waals surface area (Å²) in [5.41, 5.74) is 0.700. The van der Waals surface area contributed by atoms with Crippen molar-refractivity contribution < 1.29 is 19.1 Å². The fourth-order valence-electron chi connectivity index (χ4n) is 2.90. The van der Waals surface area contributed by atoms with Crippen molar-refractivity contribution in [3.8, 4) is 0 Å². The molecular formula is C16H19FN2O3. The summed E-state index contributed by atoms with van der Waals surface area (Å²) in [4.78, 5) is 25.6. The Kier molecular flexibility index (Phi) is 4.11. The van der Waals surface area contributed by atoms with Gasteiger partial charge in [-0.05, 0) is 37.0 Å². The zero-order valence-electron chi connectivity index (χ0n) is 12.2. The average Bonchev–Trinajstić information content (AvgIpc) is 3.15. The van der Waals surface area contributed by atoms with Gasteiger partial charge >= 0.3 is 5.97 Å². The fraction of sp³-hybridized carbons (Fsp3) is 0.500. The number of carbonyl (C=O) groups is 2. The quantitative estimate of drug-likeness (QED) is 0.866. The van der Waals surface area contributed by atoms with Crippen LogP contribution in [0.2, 0.25) is 0 Å². The normalized spacial score (nSPS) is 23.2. The number of aliphatic carboxylic acids is 1. The van der Waals surface area contributed by atoms with Gasteiger partial charge in [0.25, 0.3) is 0 Å². The molecule has 2 fully saturated rings. The second-order valence-electron chi connectivity index (χ2n) is 6.06. The van der Waals surface area contributed by atoms with E-state index in [1.54, 1.807) is 12.1 Å². The molecule has 5 nitrogen and oxygen atoms in total. The minimum atomic E-state index is -0.831. The highest BCUT2D eigenvalue weighted by Crippen LogP contribution is 2.30. The first-order valence-corrected chi connectivity index (χ1v) is 7.57. The van der Waals surface area contributed by atoms with Crippen LogP contribution < -0.4 is 5.32 Å². The number of carbonyl (C=O) groups excluding carboxylic acids is 1. The van der Waals surface area contributed by atoms with Gasteiger partial charge in [0.05, 0.1) is 5.92 Å². The van der Waals surface area contributed by atoms with E-state index in [0.717, 1.165) is 12.8 Å². The second kappa shape index (κ2) is 6.04. The topological polar surface area (TPSA) is 69.6 Å². The van der Waals surface area contributed by atoms with Gasteiger partial charge in [0, 0.05) is 19.1 Å². The number of likely N-dealkylation sites (tertiary alicyclic amines) is 1. The summed E-state index contributed by atoms with van der Waals surface area (Å²) >= 11 is 0. The lowest BCUT2D eigenvalue weighted by molar-refractivity contribution is -0.141. The summed E-state index contributed by atoms with van der Waals surface area (Å²) < 4.78 is 13.1. The molecule has 1 amide bonds. The molecule has 2 atom stereocenters. The molecule has 1 aliphatic carbocycles. The molecular weight excluding hydrogens is 287 g/mol. The van der Waals surface area contributed by atoms with Crippen LogP contribution in [-0.2, 0) is 9.59 Å². The van der Waals surface area contributed by atoms with Crippen LogP contribution in [0, 0.1) is 11.7 Å². The van der Waals surface area contributed by atoms with Crippen molar-refractivity contribution in [2.45, 2.75) is 31.3 Å². The number of nitrogens with one attached hydrogen (secondary N) is 1. The summed E-state index contributed by atoms with van der Waals surface area (Å²) in [5, 5.41) is 12.1. The first-order chi connectivity index (χ1) is 10.5. The van der Waals surface area contributed by atoms with Gasteiger partial charge < -0.3 is 10.4 Å². The predicted molar refractivity (Wildman–Crippen MR) is 77.6 cm³/mol. The molecule has 6 heteroatoms. The van der Waals surface area contributed by atoms with E-state index in [1.165, 1.54) is 12.1 Å². The third-order valence-corrected chi connectivity index (χ3v) is 4.29. The van der Waals surface area contributed by atoms with Gasteiger partial charge in [0.1, 0.15) is 11.9 Å². The van der Waals surface area contributed by atoms with Crippen LogP contribution in [-0.4, -0.2) is 41.0 Å². The van der Waals surface area contributed by atoms with Crippen molar-refractivity contribution in [1.82, 2.24) is 10.2 Å². The van der Waals surface area contributed by atoms with Crippen molar-refractivity contribution in [3.63, 3.8) is 0 Å². The van der Waals surface area contributed by atoms with Crippen molar-refractivity contribution in [2.75, 3.05) is 13.1 Å². The summed E-state index contributed by atoms with van der Waals surface area (Å²) in [6.45, 7) is 0.895. The zero-order valence-corrected chi connectivity index (χ0v) is 12.2. The van der Waals surface area contributed by atoms with E-state index in [4.69, 9.17) is 5.11 Å². The highest BCUT2D eigenvalue weighted by atomic mass is 19.1. The molecule has 2 aliphatic rings. The Morgan fingerprint density at radius 1 is 1.23 bits per heavy atom. The van der Waals surface area contributed by atoms with Gasteiger partial charge in [0.15, 0.2) is 0 Å². The van der Waals surface area contributed by atoms with Crippen molar-refractivity contribution >= 4 is 11.9 Å². The first kappa shape index (κ1) is 15.0. The molecule has 2 unspecified atom stereocenters. The molecule has 2 N–H and O–H groups in total. The molecule has 0 bridgehead atoms. The lowest BCUT2D eigenvalue weighted by Crippen LogP contribution is -2.40. The molecule has 1 saturated heterocycles. The number of amides is 1. The molecule has 1 aromatic carbocycles. The van der Waals surface area contributed by atoms with Crippen LogP contribution in [0.5, 0.6) is 0 Å². The third kappa shape index (κ3) is 3.27. The minimum Gasteiger partial charge on any atom is -0.481 e. The molecule has 1 aliphatic heterocycles. The SMILES string of the molecule is O=C(O)C1CCN(C(C(=O)NC2CC2)c2ccc(F)cc2)C1. The lowest BCUT2D eigenvalue weighted by Gasteiger charge is -2.27. The number of carboxylic acid groups (broad SMARTS) is 1. The van der Waals surface area contributed by atoms with E-state index in [9.17, 15) is 14.0 Å². The number of hydrogen-bond donors (Lipinski definition) is 2. The predicted octanol–water partition coefficient (Wildman–Crippen LogP) is 1.55. The largest absolute Gasteiger partial charge is 0.481 e. The average molecular weight is 306 g/mol. The standard InChI is InChI=1S/C16H19FN2O3/c17-12-3-1-10(2-4-12)14(15(20)18-13-5-6-13)19-8-7-11(9-19)16(21)22/h1-4,11,13-14H,5-9H2,(H,18,20)(H,21,22). The van der Waals surface area contributed by atoms with Crippen molar-refractivity contribution in [1.29, 1.82) is 0 Å². The summed E-state index contributed by atoms with van der Waals surface area (Å²) in [5.74, 6) is -1.75. The number of halogens is 1. The maximum absolute atomic E-state index is 13.1. The van der Waals surface area contributed by atoms with Gasteiger partial charge in [-0.1, -0.05) is 12.1 Å². The van der Waals surface area contributed by atoms with Gasteiger partial charge in [-0.25, -0.2) is 4.39 Å². The molecule has 1 heterocycles. The minimum absolute atomic E-state index is 0.125. The van der Waals surface area contributed by atoms with E-state index >= 15 is 0 Å². The zero-order chi connectivity index (χ0) is 15.7. The molecule has 1 aromatic rings. The highest BCUT2D eigenvalue weighted by molar-refractivity contribution is 5.84. The Morgan fingerprint density at radius 3 is 2.45 bits per heavy atom. The molecule has 3 rings (SSSR count). The van der Waals surface area contributed by atoms with Crippen LogP contribution >= 0.6 is 0 Å². The number of rotatable bonds is 5. The van der Waals surface area contributed by atoms with E-state index in [-0.39, 0.29) is 17.8 Å². The number of benzene rings is 1. The Bertz CT molecular complexity index is 571. The molecule has 0 radical (unpaired) electrons. The Labute approximate surface area is 128 Å². The van der Waals surface area contributed by atoms with Crippen LogP contribution in [0.1, 0.15) is 30.9 Å². The van der Waals surface area contributed by atoms with Crippen molar-refractivity contribution in [3.05, 3.63) is 35.6 Å². The molecule has 1 saturated carbocycles. The van der Waals surface area contributed by atoms with E-state index in [1.807, 2.05) is 4.90 Å². The fourth-order valence-corrected chi connectivity index (χ4v) is 2.90. The van der Waals surface area contributed by atoms with Crippen LogP contribution in [0.25, 0.3) is 0 Å². The smallest absolute Gasteiger partial charge is 0.307 e. The van der Waals surface area contributed by atoms with E-state index < -0.39 is 17.9 Å². The van der Waals surface area contributed by atoms with Gasteiger partial charge in [-0.15, -0.1) is 0 Å². The number of nitrogens with zero attached hydrogens (tertiary/aromatic N) is 1. The summed E-state index contributed by atoms with van der Waals surface area (Å²) in [6.07, 6.45) is 2.50. The Morgan fingerprint density at radius 2 is 1.91 bits per heavy atom. The Balaban J connectivity index is 1.80. The van der Waals surface area contributed by atoms with Gasteiger partial charge in [-0.3, -0.25) is 14.5 Å². The lowest BCUT2D eigenvalue weighted by atomic mass is 10.0. The molecule has 22 heavy (non-hydrogen) atoms. The highest BCUT2D eigenvalue weighted by Gasteiger charge is 2.37. The summed E-state index contributed by atoms with van der Waals surface area (Å²) in [6, 6.07) is 5.54. The first-order valence-electron chi connectivity index (χ1n) is 7.57. The van der Waals surface area contributed by atoms with E-state index in [0.29, 0.717) is 25.1 Å². The third-order valence-electron chi connectivity index (χ3n) is 4.29. The van der Waals surface area contributed by atoms with Crippen molar-refractivity contribution in [2.24, 2.45) is 5.92 Å². The molecule has 0 aromatic heterocycles. The van der Waals surface area contributed by atoms with Gasteiger partial charge in [-0.2, -0.15) is 0 Å². The second-order valence-corrected chi connectivity index (χ2v) is 6.06. The monoisotopic (exact) mass is 306 g/mol. The van der Waals surface area contributed by atoms with E-state index in [2.05, 4.69) is 5.32 Å². The van der Waals surface area contributed by atoms with Crippen LogP contribution in [0.4, 0.5) is 4.39 Å². The number of hydrogen-bond acceptors (Lipinski definition) is 3. The van der Waals surface area contributed by atoms with Crippen LogP contribution in [0.15, 0.2) is 24.3 Å². The molecule has 118 valence electrons.